The number of aliphatic hydroxyl groups is 1. The third-order valence-corrected chi connectivity index (χ3v) is 2.73. The standard InChI is InChI=1S/C14H14FNO2/c1-9-5-6-12(15)11(8-9)13(17)10-4-3-7-16-14(10)18-2/h3-8,13,17H,1-2H3. The average molecular weight is 247 g/mol. The van der Waals surface area contributed by atoms with Crippen LogP contribution in [0.15, 0.2) is 36.5 Å². The van der Waals surface area contributed by atoms with E-state index in [-0.39, 0.29) is 5.56 Å². The maximum Gasteiger partial charge on any atom is 0.219 e. The Kier molecular flexibility index (Phi) is 3.58. The summed E-state index contributed by atoms with van der Waals surface area (Å²) in [5, 5.41) is 10.2. The highest BCUT2D eigenvalue weighted by atomic mass is 19.1. The SMILES string of the molecule is COc1ncccc1C(O)c1cc(C)ccc1F. The predicted molar refractivity (Wildman–Crippen MR) is 66.0 cm³/mol. The minimum absolute atomic E-state index is 0.223. The Bertz CT molecular complexity index is 557. The molecule has 1 N–H and O–H groups in total. The van der Waals surface area contributed by atoms with Crippen molar-refractivity contribution >= 4 is 0 Å². The van der Waals surface area contributed by atoms with Gasteiger partial charge in [-0.05, 0) is 25.1 Å². The van der Waals surface area contributed by atoms with E-state index in [9.17, 15) is 9.50 Å². The molecule has 3 nitrogen and oxygen atoms in total. The van der Waals surface area contributed by atoms with Crippen molar-refractivity contribution < 1.29 is 14.2 Å². The maximum absolute atomic E-state index is 13.7. The molecule has 4 heteroatoms. The van der Waals surface area contributed by atoms with E-state index in [1.54, 1.807) is 30.5 Å². The molecule has 1 unspecified atom stereocenters. The van der Waals surface area contributed by atoms with E-state index in [0.29, 0.717) is 11.4 Å². The summed E-state index contributed by atoms with van der Waals surface area (Å²) in [7, 11) is 1.46. The van der Waals surface area contributed by atoms with Gasteiger partial charge < -0.3 is 9.84 Å². The lowest BCUT2D eigenvalue weighted by molar-refractivity contribution is 0.208. The molecule has 2 aromatic rings. The van der Waals surface area contributed by atoms with E-state index < -0.39 is 11.9 Å². The van der Waals surface area contributed by atoms with Crippen LogP contribution >= 0.6 is 0 Å². The van der Waals surface area contributed by atoms with E-state index in [4.69, 9.17) is 4.74 Å². The van der Waals surface area contributed by atoms with Crippen LogP contribution in [0.5, 0.6) is 5.88 Å². The van der Waals surface area contributed by atoms with Crippen LogP contribution in [0, 0.1) is 12.7 Å². The Labute approximate surface area is 105 Å². The van der Waals surface area contributed by atoms with Gasteiger partial charge in [-0.15, -0.1) is 0 Å². The number of methoxy groups -OCH3 is 1. The molecule has 1 aromatic carbocycles. The van der Waals surface area contributed by atoms with Crippen molar-refractivity contribution in [2.75, 3.05) is 7.11 Å². The van der Waals surface area contributed by atoms with Crippen LogP contribution < -0.4 is 4.74 Å². The van der Waals surface area contributed by atoms with E-state index in [2.05, 4.69) is 4.98 Å². The van der Waals surface area contributed by atoms with E-state index in [0.717, 1.165) is 5.56 Å². The lowest BCUT2D eigenvalue weighted by Gasteiger charge is -2.15. The monoisotopic (exact) mass is 247 g/mol. The molecular weight excluding hydrogens is 233 g/mol. The van der Waals surface area contributed by atoms with Crippen LogP contribution in [0.2, 0.25) is 0 Å². The molecule has 0 aliphatic rings. The molecular formula is C14H14FNO2. The Morgan fingerprint density at radius 2 is 2.06 bits per heavy atom. The number of rotatable bonds is 3. The van der Waals surface area contributed by atoms with Crippen molar-refractivity contribution in [3.63, 3.8) is 0 Å². The van der Waals surface area contributed by atoms with Gasteiger partial charge in [0.1, 0.15) is 11.9 Å². The van der Waals surface area contributed by atoms with Gasteiger partial charge in [-0.25, -0.2) is 9.37 Å². The van der Waals surface area contributed by atoms with Gasteiger partial charge in [0.2, 0.25) is 5.88 Å². The van der Waals surface area contributed by atoms with Crippen LogP contribution in [-0.4, -0.2) is 17.2 Å². The van der Waals surface area contributed by atoms with Gasteiger partial charge in [-0.3, -0.25) is 0 Å². The second-order valence-corrected chi connectivity index (χ2v) is 4.03. The lowest BCUT2D eigenvalue weighted by Crippen LogP contribution is -2.06. The van der Waals surface area contributed by atoms with Gasteiger partial charge in [0, 0.05) is 17.3 Å². The van der Waals surface area contributed by atoms with Crippen molar-refractivity contribution in [3.05, 3.63) is 59.0 Å². The van der Waals surface area contributed by atoms with E-state index >= 15 is 0 Å². The topological polar surface area (TPSA) is 42.4 Å². The zero-order valence-electron chi connectivity index (χ0n) is 10.2. The smallest absolute Gasteiger partial charge is 0.219 e. The van der Waals surface area contributed by atoms with Gasteiger partial charge in [0.25, 0.3) is 0 Å². The van der Waals surface area contributed by atoms with Crippen molar-refractivity contribution in [1.82, 2.24) is 4.98 Å². The summed E-state index contributed by atoms with van der Waals surface area (Å²) in [6, 6.07) is 7.96. The number of hydrogen-bond acceptors (Lipinski definition) is 3. The Morgan fingerprint density at radius 3 is 2.78 bits per heavy atom. The minimum atomic E-state index is -1.09. The number of pyridine rings is 1. The van der Waals surface area contributed by atoms with Gasteiger partial charge in [-0.2, -0.15) is 0 Å². The van der Waals surface area contributed by atoms with Crippen molar-refractivity contribution in [2.45, 2.75) is 13.0 Å². The average Bonchev–Trinajstić information content (AvgIpc) is 2.40. The molecule has 1 atom stereocenters. The third kappa shape index (κ3) is 2.33. The highest BCUT2D eigenvalue weighted by molar-refractivity contribution is 5.37. The number of hydrogen-bond donors (Lipinski definition) is 1. The molecule has 94 valence electrons. The van der Waals surface area contributed by atoms with Gasteiger partial charge in [-0.1, -0.05) is 17.7 Å². The molecule has 1 aromatic heterocycles. The molecule has 18 heavy (non-hydrogen) atoms. The molecule has 0 spiro atoms. The summed E-state index contributed by atoms with van der Waals surface area (Å²) in [5.41, 5.74) is 1.55. The number of halogens is 1. The van der Waals surface area contributed by atoms with Gasteiger partial charge in [0.05, 0.1) is 7.11 Å². The first kappa shape index (κ1) is 12.5. The molecule has 1 heterocycles. The van der Waals surface area contributed by atoms with Crippen LogP contribution in [0.1, 0.15) is 22.8 Å². The molecule has 0 aliphatic carbocycles. The van der Waals surface area contributed by atoms with E-state index in [1.807, 2.05) is 6.92 Å². The van der Waals surface area contributed by atoms with Crippen molar-refractivity contribution in [3.8, 4) is 5.88 Å². The molecule has 0 bridgehead atoms. The summed E-state index contributed by atoms with van der Waals surface area (Å²) in [6.45, 7) is 1.84. The Morgan fingerprint density at radius 1 is 1.28 bits per heavy atom. The second kappa shape index (κ2) is 5.14. The van der Waals surface area contributed by atoms with Crippen LogP contribution in [0.25, 0.3) is 0 Å². The first-order valence-corrected chi connectivity index (χ1v) is 5.56. The zero-order chi connectivity index (χ0) is 13.1. The summed E-state index contributed by atoms with van der Waals surface area (Å²) >= 11 is 0. The largest absolute Gasteiger partial charge is 0.481 e. The molecule has 0 fully saturated rings. The van der Waals surface area contributed by atoms with E-state index in [1.165, 1.54) is 13.2 Å². The first-order chi connectivity index (χ1) is 8.63. The minimum Gasteiger partial charge on any atom is -0.481 e. The summed E-state index contributed by atoms with van der Waals surface area (Å²) < 4.78 is 18.8. The van der Waals surface area contributed by atoms with Crippen LogP contribution in [-0.2, 0) is 0 Å². The Balaban J connectivity index is 2.47. The third-order valence-electron chi connectivity index (χ3n) is 2.73. The number of aromatic nitrogens is 1. The fourth-order valence-corrected chi connectivity index (χ4v) is 1.82. The number of benzene rings is 1. The second-order valence-electron chi connectivity index (χ2n) is 4.03. The lowest BCUT2D eigenvalue weighted by atomic mass is 10.0. The zero-order valence-corrected chi connectivity index (χ0v) is 10.2. The first-order valence-electron chi connectivity index (χ1n) is 5.56. The van der Waals surface area contributed by atoms with Crippen LogP contribution in [0.3, 0.4) is 0 Å². The van der Waals surface area contributed by atoms with Gasteiger partial charge in [0.15, 0.2) is 0 Å². The number of aryl methyl sites for hydroxylation is 1. The summed E-state index contributed by atoms with van der Waals surface area (Å²) in [4.78, 5) is 3.99. The number of nitrogens with zero attached hydrogens (tertiary/aromatic N) is 1. The Hall–Kier alpha value is -1.94. The number of ether oxygens (including phenoxy) is 1. The molecule has 0 aliphatic heterocycles. The highest BCUT2D eigenvalue weighted by Crippen LogP contribution is 2.29. The maximum atomic E-state index is 13.7. The fourth-order valence-electron chi connectivity index (χ4n) is 1.82. The quantitative estimate of drug-likeness (QED) is 0.906. The highest BCUT2D eigenvalue weighted by Gasteiger charge is 2.19. The van der Waals surface area contributed by atoms with Gasteiger partial charge >= 0.3 is 0 Å². The molecule has 0 amide bonds. The number of aliphatic hydroxyl groups excluding tert-OH is 1. The molecule has 0 saturated heterocycles. The van der Waals surface area contributed by atoms with Crippen molar-refractivity contribution in [1.29, 1.82) is 0 Å². The predicted octanol–water partition coefficient (Wildman–Crippen LogP) is 2.62. The summed E-state index contributed by atoms with van der Waals surface area (Å²) in [6.07, 6.45) is 0.468. The summed E-state index contributed by atoms with van der Waals surface area (Å²) in [5.74, 6) is -0.148. The molecule has 0 radical (unpaired) electrons. The van der Waals surface area contributed by atoms with Crippen molar-refractivity contribution in [2.24, 2.45) is 0 Å². The van der Waals surface area contributed by atoms with Crippen LogP contribution in [0.4, 0.5) is 4.39 Å². The normalized spacial score (nSPS) is 12.2. The fraction of sp³-hybridized carbons (Fsp3) is 0.214. The molecule has 2 rings (SSSR count). The molecule has 0 saturated carbocycles.